The van der Waals surface area contributed by atoms with Crippen molar-refractivity contribution in [2.45, 2.75) is 17.4 Å². The quantitative estimate of drug-likeness (QED) is 0.388. The zero-order valence-corrected chi connectivity index (χ0v) is 11.9. The Balaban J connectivity index is 2.77. The average molecular weight is 321 g/mol. The van der Waals surface area contributed by atoms with Gasteiger partial charge in [-0.15, -0.1) is 0 Å². The van der Waals surface area contributed by atoms with Crippen molar-refractivity contribution in [3.8, 4) is 5.75 Å². The van der Waals surface area contributed by atoms with Gasteiger partial charge in [0.2, 0.25) is 0 Å². The van der Waals surface area contributed by atoms with Gasteiger partial charge in [-0.25, -0.2) is 0 Å². The molecule has 0 spiro atoms. The van der Waals surface area contributed by atoms with E-state index in [9.17, 15) is 15.0 Å². The van der Waals surface area contributed by atoms with E-state index in [1.165, 1.54) is 12.1 Å². The lowest BCUT2D eigenvalue weighted by Gasteiger charge is -2.21. The molecule has 0 aromatic heterocycles. The molecule has 0 unspecified atom stereocenters. The summed E-state index contributed by atoms with van der Waals surface area (Å²) in [6.45, 7) is -0.381. The maximum Gasteiger partial charge on any atom is 0.166 e. The molecule has 6 nitrogen and oxygen atoms in total. The molecule has 3 N–H and O–H groups in total. The van der Waals surface area contributed by atoms with Crippen LogP contribution in [0.4, 0.5) is 0 Å². The fourth-order valence-corrected chi connectivity index (χ4v) is 1.85. The van der Waals surface area contributed by atoms with E-state index in [0.29, 0.717) is 11.3 Å². The van der Waals surface area contributed by atoms with Crippen molar-refractivity contribution in [2.75, 3.05) is 6.61 Å². The van der Waals surface area contributed by atoms with Crippen molar-refractivity contribution < 1.29 is 19.8 Å². The van der Waals surface area contributed by atoms with Crippen LogP contribution in [0.2, 0.25) is 0 Å². The number of Topliss-reactive ketones (excluding diaryl/α,β-unsaturated/α-hetero) is 1. The molecule has 1 rings (SSSR count). The first-order chi connectivity index (χ1) is 9.49. The van der Waals surface area contributed by atoms with E-state index < -0.39 is 22.6 Å². The Kier molecular flexibility index (Phi) is 6.87. The van der Waals surface area contributed by atoms with Gasteiger partial charge >= 0.3 is 0 Å². The molecule has 0 aliphatic carbocycles. The van der Waals surface area contributed by atoms with Gasteiger partial charge in [0, 0.05) is 24.2 Å². The van der Waals surface area contributed by atoms with Gasteiger partial charge < -0.3 is 15.1 Å². The van der Waals surface area contributed by atoms with Crippen molar-refractivity contribution >= 4 is 29.0 Å². The summed E-state index contributed by atoms with van der Waals surface area (Å²) >= 11 is 10.9. The number of rotatable bonds is 8. The van der Waals surface area contributed by atoms with Gasteiger partial charge in [0.05, 0.1) is 6.10 Å². The maximum absolute atomic E-state index is 11.4. The smallest absolute Gasteiger partial charge is 0.166 e. The van der Waals surface area contributed by atoms with Gasteiger partial charge in [-0.1, -0.05) is 35.3 Å². The van der Waals surface area contributed by atoms with E-state index >= 15 is 0 Å². The van der Waals surface area contributed by atoms with Crippen molar-refractivity contribution in [1.29, 1.82) is 5.53 Å². The van der Waals surface area contributed by atoms with Crippen molar-refractivity contribution in [3.63, 3.8) is 0 Å². The highest BCUT2D eigenvalue weighted by Crippen LogP contribution is 2.27. The number of ketones is 1. The SMILES string of the molecule is N=NOc1ccc([C@@H](O)[C@@H](CO)CC(=O)C(Cl)Cl)cc1. The van der Waals surface area contributed by atoms with E-state index in [2.05, 4.69) is 10.1 Å². The van der Waals surface area contributed by atoms with Crippen LogP contribution in [0.25, 0.3) is 0 Å². The third kappa shape index (κ3) is 4.72. The number of aliphatic hydroxyl groups excluding tert-OH is 2. The standard InChI is InChI=1S/C12H14Cl2N2O4/c13-12(14)10(18)5-8(6-17)11(19)7-1-3-9(4-2-7)20-16-15/h1-4,8,11-12,15,17,19H,5-6H2/t8-,11-/m1/s1. The van der Waals surface area contributed by atoms with E-state index in [1.807, 2.05) is 0 Å². The van der Waals surface area contributed by atoms with Crippen LogP contribution in [-0.2, 0) is 4.79 Å². The summed E-state index contributed by atoms with van der Waals surface area (Å²) < 4.78 is 0. The first-order valence-corrected chi connectivity index (χ1v) is 6.60. The lowest BCUT2D eigenvalue weighted by molar-refractivity contribution is -0.119. The summed E-state index contributed by atoms with van der Waals surface area (Å²) in [5.74, 6) is -0.816. The first-order valence-electron chi connectivity index (χ1n) is 5.73. The predicted octanol–water partition coefficient (Wildman–Crippen LogP) is 2.42. The molecule has 0 saturated carbocycles. The Labute approximate surface area is 125 Å². The van der Waals surface area contributed by atoms with Crippen LogP contribution < -0.4 is 4.84 Å². The van der Waals surface area contributed by atoms with Crippen LogP contribution in [0, 0.1) is 11.4 Å². The van der Waals surface area contributed by atoms with Crippen LogP contribution in [0.15, 0.2) is 29.5 Å². The van der Waals surface area contributed by atoms with Crippen LogP contribution in [0.1, 0.15) is 18.1 Å². The fourth-order valence-electron chi connectivity index (χ4n) is 1.67. The number of nitrogens with one attached hydrogen (secondary N) is 1. The molecule has 0 radical (unpaired) electrons. The van der Waals surface area contributed by atoms with Crippen molar-refractivity contribution in [1.82, 2.24) is 0 Å². The fraction of sp³-hybridized carbons (Fsp3) is 0.417. The summed E-state index contributed by atoms with van der Waals surface area (Å²) in [4.78, 5) is 14.9. The Morgan fingerprint density at radius 1 is 1.35 bits per heavy atom. The highest BCUT2D eigenvalue weighted by molar-refractivity contribution is 6.53. The maximum atomic E-state index is 11.4. The van der Waals surface area contributed by atoms with Gasteiger partial charge in [-0.2, -0.15) is 5.53 Å². The molecular formula is C12H14Cl2N2O4. The number of halogens is 2. The number of alkyl halides is 2. The van der Waals surface area contributed by atoms with Crippen LogP contribution in [0.5, 0.6) is 5.75 Å². The van der Waals surface area contributed by atoms with E-state index in [0.717, 1.165) is 0 Å². The number of benzene rings is 1. The summed E-state index contributed by atoms with van der Waals surface area (Å²) in [6.07, 6.45) is -1.17. The molecule has 1 aromatic carbocycles. The number of nitrogens with zero attached hydrogens (tertiary/aromatic N) is 1. The molecule has 0 aliphatic rings. The monoisotopic (exact) mass is 320 g/mol. The topological polar surface area (TPSA) is 103 Å². The Morgan fingerprint density at radius 2 is 1.95 bits per heavy atom. The Bertz CT molecular complexity index is 453. The molecular weight excluding hydrogens is 307 g/mol. The molecule has 0 aliphatic heterocycles. The number of hydrogen-bond donors (Lipinski definition) is 3. The van der Waals surface area contributed by atoms with Gasteiger partial charge in [-0.3, -0.25) is 4.79 Å². The van der Waals surface area contributed by atoms with Crippen LogP contribution in [0.3, 0.4) is 0 Å². The molecule has 1 aromatic rings. The van der Waals surface area contributed by atoms with Crippen molar-refractivity contribution in [2.24, 2.45) is 11.2 Å². The second kappa shape index (κ2) is 8.16. The molecule has 0 bridgehead atoms. The molecule has 0 saturated heterocycles. The number of aliphatic hydroxyl groups is 2. The molecule has 20 heavy (non-hydrogen) atoms. The Morgan fingerprint density at radius 3 is 2.40 bits per heavy atom. The molecule has 0 amide bonds. The summed E-state index contributed by atoms with van der Waals surface area (Å²) in [5, 5.41) is 22.2. The Hall–Kier alpha value is -1.21. The van der Waals surface area contributed by atoms with Gasteiger partial charge in [-0.05, 0) is 17.7 Å². The van der Waals surface area contributed by atoms with Gasteiger partial charge in [0.25, 0.3) is 0 Å². The van der Waals surface area contributed by atoms with E-state index in [4.69, 9.17) is 28.7 Å². The van der Waals surface area contributed by atoms with Crippen LogP contribution in [-0.4, -0.2) is 27.4 Å². The van der Waals surface area contributed by atoms with Gasteiger partial charge in [0.1, 0.15) is 0 Å². The van der Waals surface area contributed by atoms with Crippen molar-refractivity contribution in [3.05, 3.63) is 29.8 Å². The second-order valence-corrected chi connectivity index (χ2v) is 5.21. The molecule has 8 heteroatoms. The predicted molar refractivity (Wildman–Crippen MR) is 72.9 cm³/mol. The van der Waals surface area contributed by atoms with Crippen LogP contribution >= 0.6 is 23.2 Å². The summed E-state index contributed by atoms with van der Waals surface area (Å²) in [5.41, 5.74) is 7.05. The normalized spacial score (nSPS) is 13.8. The lowest BCUT2D eigenvalue weighted by atomic mass is 9.92. The van der Waals surface area contributed by atoms with E-state index in [-0.39, 0.29) is 13.0 Å². The molecule has 0 fully saturated rings. The number of carbonyl (C=O) groups is 1. The molecule has 110 valence electrons. The minimum absolute atomic E-state index is 0.129. The molecule has 0 heterocycles. The minimum Gasteiger partial charge on any atom is -0.396 e. The minimum atomic E-state index is -1.18. The van der Waals surface area contributed by atoms with Gasteiger partial charge in [0.15, 0.2) is 16.4 Å². The first kappa shape index (κ1) is 16.8. The second-order valence-electron chi connectivity index (χ2n) is 4.11. The highest BCUT2D eigenvalue weighted by atomic mass is 35.5. The highest BCUT2D eigenvalue weighted by Gasteiger charge is 2.25. The zero-order valence-electron chi connectivity index (χ0n) is 10.4. The zero-order chi connectivity index (χ0) is 15.1. The van der Waals surface area contributed by atoms with E-state index in [1.54, 1.807) is 12.1 Å². The number of hydrogen-bond acceptors (Lipinski definition) is 6. The largest absolute Gasteiger partial charge is 0.396 e. The lowest BCUT2D eigenvalue weighted by Crippen LogP contribution is -2.22. The summed E-state index contributed by atoms with van der Waals surface area (Å²) in [7, 11) is 0. The third-order valence-electron chi connectivity index (χ3n) is 2.76. The number of carbonyl (C=O) groups excluding carboxylic acids is 1. The summed E-state index contributed by atoms with van der Waals surface area (Å²) in [6, 6.07) is 6.13. The average Bonchev–Trinajstić information content (AvgIpc) is 2.44. The molecule has 2 atom stereocenters. The third-order valence-corrected chi connectivity index (χ3v) is 3.25.